The highest BCUT2D eigenvalue weighted by atomic mass is 32.1. The number of ether oxygens (including phenoxy) is 1. The maximum atomic E-state index is 12.1. The van der Waals surface area contributed by atoms with E-state index < -0.39 is 24.4 Å². The molecule has 0 fully saturated rings. The van der Waals surface area contributed by atoms with Crippen molar-refractivity contribution in [1.82, 2.24) is 10.9 Å². The lowest BCUT2D eigenvalue weighted by Crippen LogP contribution is -2.43. The van der Waals surface area contributed by atoms with Crippen LogP contribution in [0.2, 0.25) is 0 Å². The molecule has 2 aromatic rings. The minimum absolute atomic E-state index is 0.414. The van der Waals surface area contributed by atoms with Crippen molar-refractivity contribution in [2.45, 2.75) is 20.8 Å². The second-order valence-electron chi connectivity index (χ2n) is 5.71. The van der Waals surface area contributed by atoms with Gasteiger partial charge in [-0.2, -0.15) is 0 Å². The zero-order valence-electron chi connectivity index (χ0n) is 15.6. The van der Waals surface area contributed by atoms with E-state index in [1.54, 1.807) is 24.3 Å². The molecular weight excluding hydrogens is 366 g/mol. The third-order valence-corrected chi connectivity index (χ3v) is 4.83. The Morgan fingerprint density at radius 1 is 1.00 bits per heavy atom. The standard InChI is InChI=1S/C19H23N3O4S/c1-4-22(5-2)15-9-7-14(8-10-15)18(24)21-20-17(23)12-26-19(25)16-11-6-13(3)27-16/h6-11H,4-5,12H2,1-3H3,(H,20,23)(H,21,24). The first-order valence-electron chi connectivity index (χ1n) is 8.62. The predicted molar refractivity (Wildman–Crippen MR) is 105 cm³/mol. The van der Waals surface area contributed by atoms with Crippen molar-refractivity contribution in [3.8, 4) is 0 Å². The van der Waals surface area contributed by atoms with Gasteiger partial charge in [0.15, 0.2) is 6.61 Å². The molecule has 0 saturated carbocycles. The molecule has 27 heavy (non-hydrogen) atoms. The highest BCUT2D eigenvalue weighted by Gasteiger charge is 2.13. The summed E-state index contributed by atoms with van der Waals surface area (Å²) in [7, 11) is 0. The number of hydrazine groups is 1. The SMILES string of the molecule is CCN(CC)c1ccc(C(=O)NNC(=O)COC(=O)c2ccc(C)s2)cc1. The summed E-state index contributed by atoms with van der Waals surface area (Å²) in [5.74, 6) is -1.64. The average molecular weight is 389 g/mol. The number of carbonyl (C=O) groups is 3. The van der Waals surface area contributed by atoms with Crippen LogP contribution in [0.1, 0.15) is 38.8 Å². The molecular formula is C19H23N3O4S. The van der Waals surface area contributed by atoms with Crippen LogP contribution in [0.5, 0.6) is 0 Å². The van der Waals surface area contributed by atoms with Gasteiger partial charge < -0.3 is 9.64 Å². The number of anilines is 1. The van der Waals surface area contributed by atoms with Crippen LogP contribution in [0.15, 0.2) is 36.4 Å². The molecule has 1 aromatic heterocycles. The topological polar surface area (TPSA) is 87.7 Å². The van der Waals surface area contributed by atoms with Crippen LogP contribution in [-0.4, -0.2) is 37.5 Å². The van der Waals surface area contributed by atoms with Gasteiger partial charge in [-0.3, -0.25) is 20.4 Å². The molecule has 2 N–H and O–H groups in total. The van der Waals surface area contributed by atoms with Crippen molar-refractivity contribution in [3.63, 3.8) is 0 Å². The van der Waals surface area contributed by atoms with E-state index in [1.165, 1.54) is 11.3 Å². The van der Waals surface area contributed by atoms with Crippen molar-refractivity contribution in [2.75, 3.05) is 24.6 Å². The van der Waals surface area contributed by atoms with E-state index in [9.17, 15) is 14.4 Å². The van der Waals surface area contributed by atoms with Gasteiger partial charge in [0.25, 0.3) is 11.8 Å². The number of thiophene rings is 1. The van der Waals surface area contributed by atoms with E-state index in [4.69, 9.17) is 4.74 Å². The normalized spacial score (nSPS) is 10.2. The number of nitrogens with zero attached hydrogens (tertiary/aromatic N) is 1. The van der Waals surface area contributed by atoms with Gasteiger partial charge in [0.1, 0.15) is 4.88 Å². The molecule has 7 nitrogen and oxygen atoms in total. The van der Waals surface area contributed by atoms with Gasteiger partial charge in [0.2, 0.25) is 0 Å². The fraction of sp³-hybridized carbons (Fsp3) is 0.316. The Bertz CT molecular complexity index is 798. The summed E-state index contributed by atoms with van der Waals surface area (Å²) >= 11 is 1.29. The molecule has 0 bridgehead atoms. The molecule has 0 aliphatic carbocycles. The van der Waals surface area contributed by atoms with Gasteiger partial charge in [-0.25, -0.2) is 4.79 Å². The van der Waals surface area contributed by atoms with E-state index in [0.717, 1.165) is 23.7 Å². The first kappa shape index (κ1) is 20.4. The van der Waals surface area contributed by atoms with Gasteiger partial charge in [0, 0.05) is 29.2 Å². The largest absolute Gasteiger partial charge is 0.451 e. The van der Waals surface area contributed by atoms with Crippen LogP contribution in [-0.2, 0) is 9.53 Å². The third kappa shape index (κ3) is 5.82. The molecule has 2 rings (SSSR count). The summed E-state index contributed by atoms with van der Waals surface area (Å²) in [5, 5.41) is 0. The van der Waals surface area contributed by atoms with Gasteiger partial charge in [0.05, 0.1) is 0 Å². The van der Waals surface area contributed by atoms with Crippen molar-refractivity contribution in [2.24, 2.45) is 0 Å². The average Bonchev–Trinajstić information content (AvgIpc) is 3.12. The first-order chi connectivity index (χ1) is 12.9. The Kier molecular flexibility index (Phi) is 7.36. The molecule has 0 atom stereocenters. The smallest absolute Gasteiger partial charge is 0.348 e. The number of benzene rings is 1. The van der Waals surface area contributed by atoms with Crippen LogP contribution in [0, 0.1) is 6.92 Å². The molecule has 0 radical (unpaired) electrons. The molecule has 0 spiro atoms. The Morgan fingerprint density at radius 3 is 2.22 bits per heavy atom. The maximum absolute atomic E-state index is 12.1. The Morgan fingerprint density at radius 2 is 1.67 bits per heavy atom. The van der Waals surface area contributed by atoms with Crippen molar-refractivity contribution >= 4 is 34.8 Å². The second kappa shape index (κ2) is 9.72. The summed E-state index contributed by atoms with van der Waals surface area (Å²) in [6.07, 6.45) is 0. The van der Waals surface area contributed by atoms with Crippen LogP contribution in [0.25, 0.3) is 0 Å². The van der Waals surface area contributed by atoms with E-state index in [0.29, 0.717) is 10.4 Å². The molecule has 0 saturated heterocycles. The number of aryl methyl sites for hydroxylation is 1. The van der Waals surface area contributed by atoms with Gasteiger partial charge >= 0.3 is 5.97 Å². The first-order valence-corrected chi connectivity index (χ1v) is 9.44. The Labute approximate surface area is 162 Å². The highest BCUT2D eigenvalue weighted by molar-refractivity contribution is 7.13. The van der Waals surface area contributed by atoms with E-state index >= 15 is 0 Å². The number of hydrogen-bond acceptors (Lipinski definition) is 6. The quantitative estimate of drug-likeness (QED) is 0.561. The van der Waals surface area contributed by atoms with E-state index in [1.807, 2.05) is 19.1 Å². The number of hydrogen-bond donors (Lipinski definition) is 2. The number of rotatable bonds is 7. The maximum Gasteiger partial charge on any atom is 0.348 e. The lowest BCUT2D eigenvalue weighted by atomic mass is 10.2. The van der Waals surface area contributed by atoms with Crippen LogP contribution >= 0.6 is 11.3 Å². The molecule has 0 aliphatic heterocycles. The lowest BCUT2D eigenvalue weighted by Gasteiger charge is -2.21. The third-order valence-electron chi connectivity index (χ3n) is 3.85. The monoisotopic (exact) mass is 389 g/mol. The highest BCUT2D eigenvalue weighted by Crippen LogP contribution is 2.16. The summed E-state index contributed by atoms with van der Waals surface area (Å²) in [6.45, 7) is 7.27. The van der Waals surface area contributed by atoms with Crippen molar-refractivity contribution in [1.29, 1.82) is 0 Å². The Hall–Kier alpha value is -2.87. The fourth-order valence-electron chi connectivity index (χ4n) is 2.39. The number of amides is 2. The molecule has 2 amide bonds. The van der Waals surface area contributed by atoms with Crippen LogP contribution in [0.4, 0.5) is 5.69 Å². The lowest BCUT2D eigenvalue weighted by molar-refractivity contribution is -0.125. The Balaban J connectivity index is 1.79. The van der Waals surface area contributed by atoms with Gasteiger partial charge in [-0.05, 0) is 57.2 Å². The zero-order chi connectivity index (χ0) is 19.8. The van der Waals surface area contributed by atoms with Crippen LogP contribution < -0.4 is 15.8 Å². The molecule has 1 aromatic carbocycles. The molecule has 8 heteroatoms. The summed E-state index contributed by atoms with van der Waals surface area (Å²) in [4.78, 5) is 39.2. The van der Waals surface area contributed by atoms with E-state index in [2.05, 4.69) is 29.6 Å². The van der Waals surface area contributed by atoms with Crippen molar-refractivity contribution < 1.29 is 19.1 Å². The summed E-state index contributed by atoms with van der Waals surface area (Å²) in [6, 6.07) is 10.5. The van der Waals surface area contributed by atoms with E-state index in [-0.39, 0.29) is 0 Å². The van der Waals surface area contributed by atoms with Gasteiger partial charge in [-0.1, -0.05) is 0 Å². The summed E-state index contributed by atoms with van der Waals surface area (Å²) in [5.41, 5.74) is 5.97. The number of esters is 1. The zero-order valence-corrected chi connectivity index (χ0v) is 16.4. The summed E-state index contributed by atoms with van der Waals surface area (Å²) < 4.78 is 4.91. The fourth-order valence-corrected chi connectivity index (χ4v) is 3.15. The van der Waals surface area contributed by atoms with Crippen molar-refractivity contribution in [3.05, 3.63) is 51.7 Å². The molecule has 144 valence electrons. The predicted octanol–water partition coefficient (Wildman–Crippen LogP) is 2.52. The minimum atomic E-state index is -0.621. The van der Waals surface area contributed by atoms with Crippen LogP contribution in [0.3, 0.4) is 0 Å². The second-order valence-corrected chi connectivity index (χ2v) is 7.00. The van der Waals surface area contributed by atoms with Gasteiger partial charge in [-0.15, -0.1) is 11.3 Å². The number of carbonyl (C=O) groups excluding carboxylic acids is 3. The number of nitrogens with one attached hydrogen (secondary N) is 2. The molecule has 0 aliphatic rings. The molecule has 0 unspecified atom stereocenters. The molecule has 1 heterocycles. The minimum Gasteiger partial charge on any atom is -0.451 e.